The summed E-state index contributed by atoms with van der Waals surface area (Å²) in [5, 5.41) is 0. The predicted molar refractivity (Wildman–Crippen MR) is 83.6 cm³/mol. The minimum atomic E-state index is -3.70. The maximum atomic E-state index is 12.9. The molecule has 106 valence electrons. The van der Waals surface area contributed by atoms with Gasteiger partial charge in [-0.05, 0) is 37.3 Å². The molecule has 0 aliphatic heterocycles. The fraction of sp³-hybridized carbons (Fsp3) is 0.0625. The number of hydrogen-bond acceptors (Lipinski definition) is 3. The summed E-state index contributed by atoms with van der Waals surface area (Å²) in [6.07, 6.45) is 1.45. The Hall–Kier alpha value is -2.40. The summed E-state index contributed by atoms with van der Waals surface area (Å²) in [6.45, 7) is 5.58. The van der Waals surface area contributed by atoms with Crippen LogP contribution in [-0.2, 0) is 10.0 Å². The molecule has 0 spiro atoms. The van der Waals surface area contributed by atoms with Crippen molar-refractivity contribution in [3.05, 3.63) is 66.5 Å². The third-order valence-electron chi connectivity index (χ3n) is 3.29. The van der Waals surface area contributed by atoms with Crippen LogP contribution in [0.5, 0.6) is 0 Å². The van der Waals surface area contributed by atoms with Crippen molar-refractivity contribution >= 4 is 27.1 Å². The average Bonchev–Trinajstić information content (AvgIpc) is 2.87. The number of benzene rings is 2. The standard InChI is InChI=1S/C16H14N2O2S/c1-3-16-17-14-6-4-5-7-15(14)18(16)21(19,20)13-10-8-12(2)9-11-13/h3-11H,1H2,2H3. The van der Waals surface area contributed by atoms with Gasteiger partial charge in [0.1, 0.15) is 5.82 Å². The molecule has 0 fully saturated rings. The van der Waals surface area contributed by atoms with Crippen LogP contribution in [-0.4, -0.2) is 17.4 Å². The van der Waals surface area contributed by atoms with E-state index in [9.17, 15) is 8.42 Å². The van der Waals surface area contributed by atoms with Crippen molar-refractivity contribution in [2.45, 2.75) is 11.8 Å². The molecule has 3 aromatic rings. The molecule has 0 bridgehead atoms. The maximum absolute atomic E-state index is 12.9. The molecular formula is C16H14N2O2S. The molecule has 0 radical (unpaired) electrons. The summed E-state index contributed by atoms with van der Waals surface area (Å²) in [7, 11) is -3.70. The van der Waals surface area contributed by atoms with Crippen molar-refractivity contribution in [1.82, 2.24) is 8.96 Å². The van der Waals surface area contributed by atoms with Gasteiger partial charge in [0, 0.05) is 0 Å². The van der Waals surface area contributed by atoms with E-state index in [0.29, 0.717) is 16.9 Å². The number of fused-ring (bicyclic) bond motifs is 1. The maximum Gasteiger partial charge on any atom is 0.269 e. The number of aromatic nitrogens is 2. The summed E-state index contributed by atoms with van der Waals surface area (Å²) in [5.74, 6) is 0.316. The molecule has 4 nitrogen and oxygen atoms in total. The van der Waals surface area contributed by atoms with E-state index in [1.54, 1.807) is 42.5 Å². The summed E-state index contributed by atoms with van der Waals surface area (Å²) in [5.41, 5.74) is 2.18. The fourth-order valence-electron chi connectivity index (χ4n) is 2.22. The van der Waals surface area contributed by atoms with Crippen molar-refractivity contribution in [3.8, 4) is 0 Å². The van der Waals surface area contributed by atoms with Crippen molar-refractivity contribution in [2.24, 2.45) is 0 Å². The van der Waals surface area contributed by atoms with Crippen LogP contribution in [0.25, 0.3) is 17.1 Å². The largest absolute Gasteiger partial charge is 0.269 e. The monoisotopic (exact) mass is 298 g/mol. The van der Waals surface area contributed by atoms with Gasteiger partial charge >= 0.3 is 0 Å². The Labute approximate surface area is 123 Å². The fourth-order valence-corrected chi connectivity index (χ4v) is 3.69. The zero-order valence-electron chi connectivity index (χ0n) is 11.5. The zero-order chi connectivity index (χ0) is 15.0. The van der Waals surface area contributed by atoms with Gasteiger partial charge in [0.2, 0.25) is 0 Å². The van der Waals surface area contributed by atoms with Gasteiger partial charge in [0.15, 0.2) is 0 Å². The van der Waals surface area contributed by atoms with Gasteiger partial charge in [-0.3, -0.25) is 0 Å². The Morgan fingerprint density at radius 3 is 2.43 bits per heavy atom. The van der Waals surface area contributed by atoms with E-state index >= 15 is 0 Å². The topological polar surface area (TPSA) is 52.0 Å². The van der Waals surface area contributed by atoms with Crippen LogP contribution in [0.4, 0.5) is 0 Å². The molecular weight excluding hydrogens is 284 g/mol. The van der Waals surface area contributed by atoms with Crippen molar-refractivity contribution in [3.63, 3.8) is 0 Å². The molecule has 0 amide bonds. The first kappa shape index (κ1) is 13.6. The van der Waals surface area contributed by atoms with Gasteiger partial charge in [-0.25, -0.2) is 17.4 Å². The molecule has 0 unspecified atom stereocenters. The van der Waals surface area contributed by atoms with Crippen molar-refractivity contribution in [1.29, 1.82) is 0 Å². The normalized spacial score (nSPS) is 11.7. The molecule has 0 N–H and O–H groups in total. The lowest BCUT2D eigenvalue weighted by Gasteiger charge is -2.09. The van der Waals surface area contributed by atoms with Gasteiger partial charge in [-0.2, -0.15) is 0 Å². The number of imidazole rings is 1. The van der Waals surface area contributed by atoms with Crippen molar-refractivity contribution < 1.29 is 8.42 Å². The number of nitrogens with zero attached hydrogens (tertiary/aromatic N) is 2. The Morgan fingerprint density at radius 2 is 1.76 bits per heavy atom. The Kier molecular flexibility index (Phi) is 3.14. The van der Waals surface area contributed by atoms with Gasteiger partial charge in [0.25, 0.3) is 10.0 Å². The smallest absolute Gasteiger partial charge is 0.228 e. The number of aryl methyl sites for hydroxylation is 1. The zero-order valence-corrected chi connectivity index (χ0v) is 12.3. The Balaban J connectivity index is 2.32. The first-order chi connectivity index (χ1) is 10.0. The van der Waals surface area contributed by atoms with Crippen molar-refractivity contribution in [2.75, 3.05) is 0 Å². The molecule has 0 saturated heterocycles. The molecule has 0 aliphatic carbocycles. The molecule has 3 rings (SSSR count). The molecule has 1 aromatic heterocycles. The molecule has 2 aromatic carbocycles. The number of hydrogen-bond donors (Lipinski definition) is 0. The quantitative estimate of drug-likeness (QED) is 0.746. The minimum Gasteiger partial charge on any atom is -0.228 e. The molecule has 0 saturated carbocycles. The number of rotatable bonds is 3. The van der Waals surface area contributed by atoms with E-state index in [0.717, 1.165) is 5.56 Å². The van der Waals surface area contributed by atoms with Crippen LogP contribution in [0.3, 0.4) is 0 Å². The van der Waals surface area contributed by atoms with Gasteiger partial charge in [-0.1, -0.05) is 36.4 Å². The van der Waals surface area contributed by atoms with Crippen LogP contribution >= 0.6 is 0 Å². The van der Waals surface area contributed by atoms with E-state index in [4.69, 9.17) is 0 Å². The van der Waals surface area contributed by atoms with Crippen LogP contribution < -0.4 is 0 Å². The predicted octanol–water partition coefficient (Wildman–Crippen LogP) is 3.22. The second kappa shape index (κ2) is 4.86. The third-order valence-corrected chi connectivity index (χ3v) is 5.02. The summed E-state index contributed by atoms with van der Waals surface area (Å²) < 4.78 is 27.0. The highest BCUT2D eigenvalue weighted by Crippen LogP contribution is 2.23. The van der Waals surface area contributed by atoms with E-state index in [-0.39, 0.29) is 4.90 Å². The summed E-state index contributed by atoms with van der Waals surface area (Å²) in [4.78, 5) is 4.54. The van der Waals surface area contributed by atoms with Crippen LogP contribution in [0.2, 0.25) is 0 Å². The molecule has 5 heteroatoms. The highest BCUT2D eigenvalue weighted by atomic mass is 32.2. The highest BCUT2D eigenvalue weighted by molar-refractivity contribution is 7.90. The Morgan fingerprint density at radius 1 is 1.10 bits per heavy atom. The summed E-state index contributed by atoms with van der Waals surface area (Å²) in [6, 6.07) is 13.9. The van der Waals surface area contributed by atoms with Gasteiger partial charge in [-0.15, -0.1) is 0 Å². The molecule has 0 aliphatic rings. The van der Waals surface area contributed by atoms with Gasteiger partial charge in [0.05, 0.1) is 15.9 Å². The van der Waals surface area contributed by atoms with Gasteiger partial charge < -0.3 is 0 Å². The summed E-state index contributed by atoms with van der Waals surface area (Å²) >= 11 is 0. The van der Waals surface area contributed by atoms with Crippen LogP contribution in [0, 0.1) is 6.92 Å². The second-order valence-electron chi connectivity index (χ2n) is 4.75. The first-order valence-electron chi connectivity index (χ1n) is 6.46. The van der Waals surface area contributed by atoms with Crippen LogP contribution in [0.1, 0.15) is 11.4 Å². The Bertz CT molecular complexity index is 923. The lowest BCUT2D eigenvalue weighted by molar-refractivity contribution is 0.588. The average molecular weight is 298 g/mol. The van der Waals surface area contributed by atoms with Crippen LogP contribution in [0.15, 0.2) is 60.0 Å². The minimum absolute atomic E-state index is 0.236. The lowest BCUT2D eigenvalue weighted by Crippen LogP contribution is -2.14. The number of para-hydroxylation sites is 2. The SMILES string of the molecule is C=Cc1nc2ccccc2n1S(=O)(=O)c1ccc(C)cc1. The first-order valence-corrected chi connectivity index (χ1v) is 7.90. The lowest BCUT2D eigenvalue weighted by atomic mass is 10.2. The molecule has 1 heterocycles. The third kappa shape index (κ3) is 2.15. The molecule has 0 atom stereocenters. The molecule has 21 heavy (non-hydrogen) atoms. The van der Waals surface area contributed by atoms with E-state index in [2.05, 4.69) is 11.6 Å². The highest BCUT2D eigenvalue weighted by Gasteiger charge is 2.22. The second-order valence-corrected chi connectivity index (χ2v) is 6.53. The van der Waals surface area contributed by atoms with E-state index < -0.39 is 10.0 Å². The van der Waals surface area contributed by atoms with E-state index in [1.807, 2.05) is 13.0 Å². The van der Waals surface area contributed by atoms with E-state index in [1.165, 1.54) is 10.0 Å².